The number of rotatable bonds is 6. The molecule has 1 aliphatic heterocycles. The van der Waals surface area contributed by atoms with Crippen molar-refractivity contribution in [2.24, 2.45) is 0 Å². The fraction of sp³-hybridized carbons (Fsp3) is 0.476. The normalized spacial score (nSPS) is 17.1. The van der Waals surface area contributed by atoms with E-state index < -0.39 is 15.8 Å². The van der Waals surface area contributed by atoms with Crippen LogP contribution < -0.4 is 4.90 Å². The Morgan fingerprint density at radius 2 is 1.87 bits per heavy atom. The number of nitrogens with zero attached hydrogens (tertiary/aromatic N) is 5. The zero-order chi connectivity index (χ0) is 22.8. The van der Waals surface area contributed by atoms with E-state index in [1.807, 2.05) is 19.0 Å². The van der Waals surface area contributed by atoms with Gasteiger partial charge in [0.05, 0.1) is 17.1 Å². The van der Waals surface area contributed by atoms with Crippen molar-refractivity contribution in [1.29, 1.82) is 0 Å². The van der Waals surface area contributed by atoms with E-state index in [-0.39, 0.29) is 23.3 Å². The number of hydrogen-bond acceptors (Lipinski definition) is 6. The number of halogens is 1. The van der Waals surface area contributed by atoms with E-state index in [4.69, 9.17) is 0 Å². The molecule has 0 spiro atoms. The second kappa shape index (κ2) is 9.27. The van der Waals surface area contributed by atoms with Crippen molar-refractivity contribution in [1.82, 2.24) is 19.2 Å². The Bertz CT molecular complexity index is 1040. The molecule has 1 fully saturated rings. The molecule has 8 nitrogen and oxygen atoms in total. The maximum Gasteiger partial charge on any atom is 0.243 e. The molecule has 0 saturated carbocycles. The number of carbonyl (C=O) groups excluding carboxylic acids is 1. The molecule has 0 radical (unpaired) electrons. The van der Waals surface area contributed by atoms with Gasteiger partial charge in [0.2, 0.25) is 15.9 Å². The van der Waals surface area contributed by atoms with Gasteiger partial charge in [-0.2, -0.15) is 4.31 Å². The molecule has 0 unspecified atom stereocenters. The molecule has 0 aliphatic carbocycles. The van der Waals surface area contributed by atoms with Crippen molar-refractivity contribution in [3.8, 4) is 0 Å². The van der Waals surface area contributed by atoms with E-state index in [0.29, 0.717) is 23.9 Å². The lowest BCUT2D eigenvalue weighted by atomic mass is 9.97. The van der Waals surface area contributed by atoms with E-state index in [2.05, 4.69) is 9.97 Å². The Kier molecular flexibility index (Phi) is 6.90. The lowest BCUT2D eigenvalue weighted by Crippen LogP contribution is -2.38. The minimum absolute atomic E-state index is 0.00434. The molecule has 1 aromatic heterocycles. The summed E-state index contributed by atoms with van der Waals surface area (Å²) in [6, 6.07) is 6.49. The Hall–Kier alpha value is -2.59. The molecule has 1 atom stereocenters. The summed E-state index contributed by atoms with van der Waals surface area (Å²) in [4.78, 5) is 24.8. The first-order valence-corrected chi connectivity index (χ1v) is 11.5. The number of carbonyl (C=O) groups is 1. The van der Waals surface area contributed by atoms with Gasteiger partial charge in [-0.1, -0.05) is 0 Å². The highest BCUT2D eigenvalue weighted by atomic mass is 32.2. The fourth-order valence-electron chi connectivity index (χ4n) is 3.57. The van der Waals surface area contributed by atoms with Crippen LogP contribution in [0.15, 0.2) is 35.2 Å². The second-order valence-corrected chi connectivity index (χ2v) is 10.0. The van der Waals surface area contributed by atoms with Crippen molar-refractivity contribution >= 4 is 21.7 Å². The molecule has 3 rings (SSSR count). The van der Waals surface area contributed by atoms with Crippen LogP contribution in [0.5, 0.6) is 0 Å². The van der Waals surface area contributed by atoms with E-state index in [0.717, 1.165) is 31.5 Å². The van der Waals surface area contributed by atoms with Gasteiger partial charge in [-0.05, 0) is 37.1 Å². The molecule has 1 saturated heterocycles. The first-order valence-electron chi connectivity index (χ1n) is 10.1. The van der Waals surface area contributed by atoms with Gasteiger partial charge < -0.3 is 9.80 Å². The molecule has 31 heavy (non-hydrogen) atoms. The SMILES string of the molecule is CC(=O)N1CCC[C@H](c2nc(CN(C)S(=O)(=O)c3ccc(F)cc3)cc(N(C)C)n2)C1. The van der Waals surface area contributed by atoms with E-state index in [9.17, 15) is 17.6 Å². The molecule has 2 heterocycles. The summed E-state index contributed by atoms with van der Waals surface area (Å²) in [7, 11) is 1.38. The number of piperidine rings is 1. The van der Waals surface area contributed by atoms with Gasteiger partial charge in [0.25, 0.3) is 0 Å². The minimum atomic E-state index is -3.80. The van der Waals surface area contributed by atoms with Crippen LogP contribution in [0.25, 0.3) is 0 Å². The fourth-order valence-corrected chi connectivity index (χ4v) is 4.71. The summed E-state index contributed by atoms with van der Waals surface area (Å²) in [5.74, 6) is 0.811. The third-order valence-electron chi connectivity index (χ3n) is 5.38. The first kappa shape index (κ1) is 23.1. The van der Waals surface area contributed by atoms with Gasteiger partial charge in [0.15, 0.2) is 0 Å². The van der Waals surface area contributed by atoms with Gasteiger partial charge >= 0.3 is 0 Å². The summed E-state index contributed by atoms with van der Waals surface area (Å²) in [5, 5.41) is 0. The summed E-state index contributed by atoms with van der Waals surface area (Å²) in [5.41, 5.74) is 0.557. The average Bonchev–Trinajstić information content (AvgIpc) is 2.73. The number of amides is 1. The number of anilines is 1. The van der Waals surface area contributed by atoms with Gasteiger partial charge in [-0.3, -0.25) is 4.79 Å². The van der Waals surface area contributed by atoms with Crippen LogP contribution in [0.2, 0.25) is 0 Å². The lowest BCUT2D eigenvalue weighted by Gasteiger charge is -2.31. The third-order valence-corrected chi connectivity index (χ3v) is 7.20. The van der Waals surface area contributed by atoms with Gasteiger partial charge in [0, 0.05) is 53.1 Å². The molecule has 1 aromatic carbocycles. The Morgan fingerprint density at radius 1 is 1.19 bits per heavy atom. The molecule has 0 bridgehead atoms. The molecular weight excluding hydrogens is 421 g/mol. The quantitative estimate of drug-likeness (QED) is 0.672. The number of likely N-dealkylation sites (tertiary alicyclic amines) is 1. The predicted molar refractivity (Wildman–Crippen MR) is 116 cm³/mol. The standard InChI is InChI=1S/C21H28FN5O3S/c1-15(28)27-11-5-6-16(13-27)21-23-18(12-20(24-21)25(2)3)14-26(4)31(29,30)19-9-7-17(22)8-10-19/h7-10,12,16H,5-6,11,13-14H2,1-4H3/t16-/m0/s1. The summed E-state index contributed by atoms with van der Waals surface area (Å²) >= 11 is 0. The van der Waals surface area contributed by atoms with Gasteiger partial charge in [0.1, 0.15) is 17.5 Å². The summed E-state index contributed by atoms with van der Waals surface area (Å²) in [6.07, 6.45) is 1.73. The van der Waals surface area contributed by atoms with E-state index in [1.165, 1.54) is 23.5 Å². The molecular formula is C21H28FN5O3S. The third kappa shape index (κ3) is 5.37. The van der Waals surface area contributed by atoms with Crippen LogP contribution in [0, 0.1) is 5.82 Å². The van der Waals surface area contributed by atoms with E-state index >= 15 is 0 Å². The second-order valence-electron chi connectivity index (χ2n) is 7.99. The first-order chi connectivity index (χ1) is 14.6. The van der Waals surface area contributed by atoms with Crippen LogP contribution in [0.3, 0.4) is 0 Å². The van der Waals surface area contributed by atoms with Crippen LogP contribution in [-0.4, -0.2) is 67.7 Å². The van der Waals surface area contributed by atoms with Crippen molar-refractivity contribution in [3.05, 3.63) is 47.7 Å². The molecule has 0 N–H and O–H groups in total. The Morgan fingerprint density at radius 3 is 2.48 bits per heavy atom. The highest BCUT2D eigenvalue weighted by Gasteiger charge is 2.27. The van der Waals surface area contributed by atoms with Crippen LogP contribution in [0.1, 0.15) is 37.2 Å². The predicted octanol–water partition coefficient (Wildman–Crippen LogP) is 2.23. The largest absolute Gasteiger partial charge is 0.363 e. The monoisotopic (exact) mass is 449 g/mol. The van der Waals surface area contributed by atoms with Crippen molar-refractivity contribution < 1.29 is 17.6 Å². The molecule has 1 amide bonds. The van der Waals surface area contributed by atoms with Crippen molar-refractivity contribution in [2.75, 3.05) is 39.1 Å². The van der Waals surface area contributed by atoms with Crippen molar-refractivity contribution in [2.45, 2.75) is 37.1 Å². The highest BCUT2D eigenvalue weighted by Crippen LogP contribution is 2.27. The van der Waals surface area contributed by atoms with Crippen molar-refractivity contribution in [3.63, 3.8) is 0 Å². The number of aromatic nitrogens is 2. The maximum atomic E-state index is 13.2. The zero-order valence-corrected chi connectivity index (χ0v) is 19.1. The molecule has 2 aromatic rings. The minimum Gasteiger partial charge on any atom is -0.363 e. The lowest BCUT2D eigenvalue weighted by molar-refractivity contribution is -0.130. The number of benzene rings is 1. The number of hydrogen-bond donors (Lipinski definition) is 0. The van der Waals surface area contributed by atoms with Gasteiger partial charge in [-0.15, -0.1) is 0 Å². The summed E-state index contributed by atoms with van der Waals surface area (Å²) < 4.78 is 40.1. The van der Waals surface area contributed by atoms with E-state index in [1.54, 1.807) is 17.9 Å². The zero-order valence-electron chi connectivity index (χ0n) is 18.2. The highest BCUT2D eigenvalue weighted by molar-refractivity contribution is 7.89. The molecule has 10 heteroatoms. The van der Waals surface area contributed by atoms with Gasteiger partial charge in [-0.25, -0.2) is 22.8 Å². The Balaban J connectivity index is 1.88. The Labute approximate surface area is 182 Å². The molecule has 1 aliphatic rings. The molecule has 168 valence electrons. The van der Waals surface area contributed by atoms with Crippen LogP contribution in [-0.2, 0) is 21.4 Å². The number of sulfonamides is 1. The van der Waals surface area contributed by atoms with Crippen LogP contribution >= 0.6 is 0 Å². The maximum absolute atomic E-state index is 13.2. The summed E-state index contributed by atoms with van der Waals surface area (Å²) in [6.45, 7) is 2.87. The smallest absolute Gasteiger partial charge is 0.243 e. The topological polar surface area (TPSA) is 86.7 Å². The van der Waals surface area contributed by atoms with Crippen LogP contribution in [0.4, 0.5) is 10.2 Å². The average molecular weight is 450 g/mol.